The van der Waals surface area contributed by atoms with Crippen LogP contribution in [-0.4, -0.2) is 55.9 Å². The monoisotopic (exact) mass is 384 g/mol. The van der Waals surface area contributed by atoms with Crippen molar-refractivity contribution in [3.05, 3.63) is 29.3 Å². The Bertz CT molecular complexity index is 703. The summed E-state index contributed by atoms with van der Waals surface area (Å²) in [7, 11) is -2.83. The number of halogens is 4. The normalized spacial score (nSPS) is 15.6. The number of carbonyl (C=O) groups is 1. The Kier molecular flexibility index (Phi) is 5.46. The maximum atomic E-state index is 12.6. The molecule has 0 saturated heterocycles. The predicted octanol–water partition coefficient (Wildman–Crippen LogP) is 2.51. The van der Waals surface area contributed by atoms with Crippen LogP contribution in [0, 0.1) is 0 Å². The zero-order chi connectivity index (χ0) is 18.1. The second kappa shape index (κ2) is 6.89. The Labute approximate surface area is 143 Å². The van der Waals surface area contributed by atoms with E-state index in [9.17, 15) is 26.4 Å². The highest BCUT2D eigenvalue weighted by molar-refractivity contribution is 7.89. The summed E-state index contributed by atoms with van der Waals surface area (Å²) in [6, 6.07) is 4.83. The lowest BCUT2D eigenvalue weighted by molar-refractivity contribution is -0.162. The molecular weight excluding hydrogens is 369 g/mol. The van der Waals surface area contributed by atoms with E-state index in [4.69, 9.17) is 11.6 Å². The SMILES string of the molecule is CN(CC(=O)N(CC(F)(F)F)C1CC1)S(=O)(=O)c1ccc(Cl)cc1. The number of alkyl halides is 3. The first kappa shape index (κ1) is 19.0. The predicted molar refractivity (Wildman–Crippen MR) is 82.1 cm³/mol. The number of sulfonamides is 1. The summed E-state index contributed by atoms with van der Waals surface area (Å²) in [4.78, 5) is 12.8. The van der Waals surface area contributed by atoms with Crippen LogP contribution in [0.2, 0.25) is 5.02 Å². The third-order valence-corrected chi connectivity index (χ3v) is 5.61. The number of nitrogens with zero attached hydrogens (tertiary/aromatic N) is 2. The summed E-state index contributed by atoms with van der Waals surface area (Å²) in [5, 5.41) is 0.345. The van der Waals surface area contributed by atoms with Gasteiger partial charge in [0.05, 0.1) is 11.4 Å². The summed E-state index contributed by atoms with van der Waals surface area (Å²) in [5.41, 5.74) is 0. The number of amides is 1. The number of hydrogen-bond donors (Lipinski definition) is 0. The summed E-state index contributed by atoms with van der Waals surface area (Å²) in [6.45, 7) is -2.02. The number of rotatable bonds is 6. The molecule has 1 aliphatic rings. The van der Waals surface area contributed by atoms with E-state index in [0.717, 1.165) is 11.4 Å². The molecule has 0 N–H and O–H groups in total. The Morgan fingerprint density at radius 2 is 1.79 bits per heavy atom. The van der Waals surface area contributed by atoms with Crippen molar-refractivity contribution in [2.75, 3.05) is 20.1 Å². The van der Waals surface area contributed by atoms with Gasteiger partial charge < -0.3 is 4.90 Å². The fourth-order valence-electron chi connectivity index (χ4n) is 2.15. The van der Waals surface area contributed by atoms with E-state index >= 15 is 0 Å². The quantitative estimate of drug-likeness (QED) is 0.757. The molecule has 134 valence electrons. The van der Waals surface area contributed by atoms with Crippen LogP contribution in [-0.2, 0) is 14.8 Å². The molecular formula is C14H16ClF3N2O3S. The van der Waals surface area contributed by atoms with Crippen molar-refractivity contribution in [3.8, 4) is 0 Å². The maximum absolute atomic E-state index is 12.6. The van der Waals surface area contributed by atoms with Gasteiger partial charge in [0.2, 0.25) is 15.9 Å². The highest BCUT2D eigenvalue weighted by atomic mass is 35.5. The standard InChI is InChI=1S/C14H16ClF3N2O3S/c1-19(24(22,23)12-6-2-10(15)3-7-12)8-13(21)20(11-4-5-11)9-14(16,17)18/h2-3,6-7,11H,4-5,8-9H2,1H3. The van der Waals surface area contributed by atoms with Gasteiger partial charge in [-0.15, -0.1) is 0 Å². The molecule has 1 aliphatic carbocycles. The van der Waals surface area contributed by atoms with E-state index in [1.54, 1.807) is 0 Å². The van der Waals surface area contributed by atoms with E-state index < -0.39 is 41.2 Å². The van der Waals surface area contributed by atoms with Crippen LogP contribution in [0.15, 0.2) is 29.2 Å². The van der Waals surface area contributed by atoms with Gasteiger partial charge in [0, 0.05) is 18.1 Å². The maximum Gasteiger partial charge on any atom is 0.406 e. The molecule has 1 fully saturated rings. The van der Waals surface area contributed by atoms with Crippen LogP contribution in [0.25, 0.3) is 0 Å². The minimum absolute atomic E-state index is 0.0870. The van der Waals surface area contributed by atoms with Gasteiger partial charge in [-0.2, -0.15) is 17.5 Å². The third-order valence-electron chi connectivity index (χ3n) is 3.54. The lowest BCUT2D eigenvalue weighted by Crippen LogP contribution is -2.46. The molecule has 0 heterocycles. The van der Waals surface area contributed by atoms with Crippen molar-refractivity contribution in [3.63, 3.8) is 0 Å². The van der Waals surface area contributed by atoms with Crippen LogP contribution in [0.3, 0.4) is 0 Å². The molecule has 0 spiro atoms. The molecule has 0 aliphatic heterocycles. The summed E-state index contributed by atoms with van der Waals surface area (Å²) < 4.78 is 63.2. The zero-order valence-electron chi connectivity index (χ0n) is 12.8. The fraction of sp³-hybridized carbons (Fsp3) is 0.500. The number of carbonyl (C=O) groups excluding carboxylic acids is 1. The largest absolute Gasteiger partial charge is 0.406 e. The van der Waals surface area contributed by atoms with Crippen molar-refractivity contribution >= 4 is 27.5 Å². The van der Waals surface area contributed by atoms with Crippen LogP contribution in [0.1, 0.15) is 12.8 Å². The second-order valence-corrected chi connectivity index (χ2v) is 8.06. The van der Waals surface area contributed by atoms with E-state index in [0.29, 0.717) is 22.8 Å². The molecule has 5 nitrogen and oxygen atoms in total. The first-order valence-electron chi connectivity index (χ1n) is 7.09. The summed E-state index contributed by atoms with van der Waals surface area (Å²) in [6.07, 6.45) is -3.53. The summed E-state index contributed by atoms with van der Waals surface area (Å²) >= 11 is 5.69. The van der Waals surface area contributed by atoms with Crippen LogP contribution in [0.5, 0.6) is 0 Å². The zero-order valence-corrected chi connectivity index (χ0v) is 14.3. The lowest BCUT2D eigenvalue weighted by Gasteiger charge is -2.26. The molecule has 1 aromatic carbocycles. The average Bonchev–Trinajstić information content (AvgIpc) is 3.28. The van der Waals surface area contributed by atoms with Gasteiger partial charge in [-0.25, -0.2) is 8.42 Å². The van der Waals surface area contributed by atoms with E-state index in [2.05, 4.69) is 0 Å². The topological polar surface area (TPSA) is 57.7 Å². The minimum atomic E-state index is -4.52. The first-order valence-corrected chi connectivity index (χ1v) is 8.90. The lowest BCUT2D eigenvalue weighted by atomic mass is 10.4. The van der Waals surface area contributed by atoms with Gasteiger partial charge in [-0.3, -0.25) is 4.79 Å². The first-order chi connectivity index (χ1) is 11.0. The third kappa shape index (κ3) is 4.84. The molecule has 0 unspecified atom stereocenters. The molecule has 1 saturated carbocycles. The van der Waals surface area contributed by atoms with E-state index in [-0.39, 0.29) is 4.90 Å². The highest BCUT2D eigenvalue weighted by Crippen LogP contribution is 2.30. The van der Waals surface area contributed by atoms with Crippen molar-refractivity contribution in [2.24, 2.45) is 0 Å². The Balaban J connectivity index is 2.10. The molecule has 24 heavy (non-hydrogen) atoms. The van der Waals surface area contributed by atoms with Crippen LogP contribution < -0.4 is 0 Å². The van der Waals surface area contributed by atoms with Gasteiger partial charge >= 0.3 is 6.18 Å². The second-order valence-electron chi connectivity index (χ2n) is 5.58. The molecule has 1 aromatic rings. The van der Waals surface area contributed by atoms with E-state index in [1.807, 2.05) is 0 Å². The molecule has 2 rings (SSSR count). The van der Waals surface area contributed by atoms with Gasteiger partial charge in [-0.05, 0) is 37.1 Å². The molecule has 0 atom stereocenters. The fourth-order valence-corrected chi connectivity index (χ4v) is 3.40. The highest BCUT2D eigenvalue weighted by Gasteiger charge is 2.41. The minimum Gasteiger partial charge on any atom is -0.329 e. The van der Waals surface area contributed by atoms with Crippen molar-refractivity contribution in [1.82, 2.24) is 9.21 Å². The number of hydrogen-bond acceptors (Lipinski definition) is 3. The van der Waals surface area contributed by atoms with E-state index in [1.165, 1.54) is 24.3 Å². The van der Waals surface area contributed by atoms with Gasteiger partial charge in [-0.1, -0.05) is 11.6 Å². The van der Waals surface area contributed by atoms with Crippen LogP contribution in [0.4, 0.5) is 13.2 Å². The smallest absolute Gasteiger partial charge is 0.329 e. The Morgan fingerprint density at radius 1 is 1.25 bits per heavy atom. The Morgan fingerprint density at radius 3 is 2.25 bits per heavy atom. The van der Waals surface area contributed by atoms with Gasteiger partial charge in [0.15, 0.2) is 0 Å². The molecule has 0 radical (unpaired) electrons. The summed E-state index contributed by atoms with van der Waals surface area (Å²) in [5.74, 6) is -0.866. The van der Waals surface area contributed by atoms with Crippen molar-refractivity contribution in [1.29, 1.82) is 0 Å². The van der Waals surface area contributed by atoms with Crippen LogP contribution >= 0.6 is 11.6 Å². The molecule has 1 amide bonds. The van der Waals surface area contributed by atoms with Gasteiger partial charge in [0.1, 0.15) is 6.54 Å². The molecule has 10 heteroatoms. The van der Waals surface area contributed by atoms with Gasteiger partial charge in [0.25, 0.3) is 0 Å². The number of benzene rings is 1. The average molecular weight is 385 g/mol. The Hall–Kier alpha value is -1.32. The number of likely N-dealkylation sites (N-methyl/N-ethyl adjacent to an activating group) is 1. The van der Waals surface area contributed by atoms with Crippen molar-refractivity contribution < 1.29 is 26.4 Å². The molecule has 0 aromatic heterocycles. The van der Waals surface area contributed by atoms with Crippen molar-refractivity contribution in [2.45, 2.75) is 30.0 Å². The molecule has 0 bridgehead atoms.